The molecule has 0 fully saturated rings. The summed E-state index contributed by atoms with van der Waals surface area (Å²) in [5, 5.41) is 2.65. The van der Waals surface area contributed by atoms with Crippen LogP contribution >= 0.6 is 0 Å². The average Bonchev–Trinajstić information content (AvgIpc) is 2.32. The van der Waals surface area contributed by atoms with Crippen LogP contribution in [0.4, 0.5) is 0 Å². The molecule has 0 radical (unpaired) electrons. The van der Waals surface area contributed by atoms with E-state index < -0.39 is 5.97 Å². The maximum Gasteiger partial charge on any atom is 0.312 e. The van der Waals surface area contributed by atoms with E-state index in [1.807, 2.05) is 0 Å². The third-order valence-corrected chi connectivity index (χ3v) is 1.72. The van der Waals surface area contributed by atoms with E-state index in [4.69, 9.17) is 0 Å². The maximum atomic E-state index is 10.8. The van der Waals surface area contributed by atoms with Crippen LogP contribution in [0, 0.1) is 0 Å². The zero-order chi connectivity index (χ0) is 12.4. The van der Waals surface area contributed by atoms with E-state index in [2.05, 4.69) is 14.8 Å². The number of methoxy groups -OCH3 is 2. The highest BCUT2D eigenvalue weighted by molar-refractivity contribution is 5.75. The van der Waals surface area contributed by atoms with Gasteiger partial charge in [-0.3, -0.25) is 4.79 Å². The first-order chi connectivity index (χ1) is 7.67. The van der Waals surface area contributed by atoms with Crippen LogP contribution in [-0.2, 0) is 23.9 Å². The van der Waals surface area contributed by atoms with Crippen molar-refractivity contribution >= 4 is 17.9 Å². The lowest BCUT2D eigenvalue weighted by Gasteiger charge is -2.06. The highest BCUT2D eigenvalue weighted by Crippen LogP contribution is 1.98. The van der Waals surface area contributed by atoms with Gasteiger partial charge in [-0.2, -0.15) is 0 Å². The van der Waals surface area contributed by atoms with E-state index in [0.29, 0.717) is 0 Å². The summed E-state index contributed by atoms with van der Waals surface area (Å²) in [4.78, 5) is 31.5. The summed E-state index contributed by atoms with van der Waals surface area (Å²) in [5.74, 6) is 2.78. The third-order valence-electron chi connectivity index (χ3n) is 1.72. The molecule has 0 bridgehead atoms. The fourth-order valence-electron chi connectivity index (χ4n) is 0.873. The van der Waals surface area contributed by atoms with Crippen LogP contribution < -0.4 is 5.32 Å². The zero-order valence-corrected chi connectivity index (χ0v) is 9.16. The van der Waals surface area contributed by atoms with Gasteiger partial charge in [0.1, 0.15) is 11.6 Å². The van der Waals surface area contributed by atoms with E-state index >= 15 is 0 Å². The Labute approximate surface area is 92.9 Å². The molecule has 16 heavy (non-hydrogen) atoms. The molecule has 0 unspecified atom stereocenters. The van der Waals surface area contributed by atoms with Gasteiger partial charge < -0.3 is 14.8 Å². The molecule has 0 aromatic carbocycles. The third kappa shape index (κ3) is 5.65. The number of nitrogens with one attached hydrogen (secondary N) is 1. The van der Waals surface area contributed by atoms with E-state index in [-0.39, 0.29) is 30.8 Å². The molecule has 0 saturated heterocycles. The molecular weight excluding hydrogens is 214 g/mol. The van der Waals surface area contributed by atoms with Crippen LogP contribution in [0.5, 0.6) is 0 Å². The fourth-order valence-corrected chi connectivity index (χ4v) is 0.873. The fraction of sp³-hybridized carbons (Fsp3) is 0.500. The van der Waals surface area contributed by atoms with Gasteiger partial charge in [-0.05, 0) is 0 Å². The first-order valence-electron chi connectivity index (χ1n) is 4.50. The molecule has 0 heterocycles. The van der Waals surface area contributed by atoms with Gasteiger partial charge in [0, 0.05) is 13.0 Å². The summed E-state index contributed by atoms with van der Waals surface area (Å²) in [7, 11) is 2.58. The van der Waals surface area contributed by atoms with Gasteiger partial charge in [-0.1, -0.05) is 0 Å². The van der Waals surface area contributed by atoms with Crippen molar-refractivity contribution in [1.29, 1.82) is 0 Å². The lowest BCUT2D eigenvalue weighted by Crippen LogP contribution is -2.19. The number of carbonyl (C=O) groups is 1. The molecule has 0 aliphatic heterocycles. The topological polar surface area (TPSA) is 81.7 Å². The van der Waals surface area contributed by atoms with Crippen molar-refractivity contribution in [1.82, 2.24) is 5.32 Å². The number of ether oxygens (including phenoxy) is 2. The highest BCUT2D eigenvalue weighted by atomic mass is 16.5. The second kappa shape index (κ2) is 8.29. The normalized spacial score (nSPS) is 8.38. The second-order valence-corrected chi connectivity index (χ2v) is 2.74. The van der Waals surface area contributed by atoms with Gasteiger partial charge in [0.05, 0.1) is 20.6 Å². The van der Waals surface area contributed by atoms with Gasteiger partial charge in [-0.15, -0.1) is 0 Å². The first-order valence-corrected chi connectivity index (χ1v) is 4.50. The van der Waals surface area contributed by atoms with Gasteiger partial charge in [0.2, 0.25) is 0 Å². The lowest BCUT2D eigenvalue weighted by atomic mass is 10.3. The monoisotopic (exact) mass is 227 g/mol. The first kappa shape index (κ1) is 14.0. The number of hydrogen-bond donors (Lipinski definition) is 1. The van der Waals surface area contributed by atoms with Gasteiger partial charge in [-0.25, -0.2) is 9.59 Å². The lowest BCUT2D eigenvalue weighted by molar-refractivity contribution is -0.139. The largest absolute Gasteiger partial charge is 0.490 e. The molecule has 88 valence electrons. The number of rotatable bonds is 7. The van der Waals surface area contributed by atoms with Crippen LogP contribution in [0.3, 0.4) is 0 Å². The summed E-state index contributed by atoms with van der Waals surface area (Å²) in [6.45, 7) is 0.278. The minimum absolute atomic E-state index is 0.0770. The molecular formula is C10H13NO5. The number of carbonyl (C=O) groups excluding carboxylic acids is 3. The van der Waals surface area contributed by atoms with Crippen molar-refractivity contribution in [3.05, 3.63) is 11.5 Å². The molecule has 0 spiro atoms. The number of esters is 1. The predicted octanol–water partition coefficient (Wildman–Crippen LogP) is -0.393. The highest BCUT2D eigenvalue weighted by Gasteiger charge is 2.06. The molecule has 0 aliphatic carbocycles. The quantitative estimate of drug-likeness (QED) is 0.362. The Morgan fingerprint density at radius 3 is 2.31 bits per heavy atom. The summed E-state index contributed by atoms with van der Waals surface area (Å²) in [5.41, 5.74) is 0.0770. The van der Waals surface area contributed by atoms with Crippen molar-refractivity contribution in [2.24, 2.45) is 0 Å². The number of hydrogen-bond acceptors (Lipinski definition) is 6. The van der Waals surface area contributed by atoms with Crippen LogP contribution in [-0.4, -0.2) is 38.6 Å². The van der Waals surface area contributed by atoms with Crippen LogP contribution in [0.25, 0.3) is 0 Å². The SMILES string of the molecule is COC(=O)CC(=C=O)NCCC(=C=O)OC. The molecule has 0 aromatic heterocycles. The summed E-state index contributed by atoms with van der Waals surface area (Å²) >= 11 is 0. The Balaban J connectivity index is 4.04. The molecule has 0 atom stereocenters. The Morgan fingerprint density at radius 1 is 1.19 bits per heavy atom. The second-order valence-electron chi connectivity index (χ2n) is 2.74. The molecule has 6 heteroatoms. The molecule has 0 amide bonds. The molecule has 0 saturated carbocycles. The molecule has 6 nitrogen and oxygen atoms in total. The summed E-state index contributed by atoms with van der Waals surface area (Å²) in [6.07, 6.45) is 0.0967. The zero-order valence-electron chi connectivity index (χ0n) is 9.16. The molecule has 1 N–H and O–H groups in total. The van der Waals surface area contributed by atoms with E-state index in [1.165, 1.54) is 14.2 Å². The van der Waals surface area contributed by atoms with E-state index in [0.717, 1.165) is 0 Å². The van der Waals surface area contributed by atoms with E-state index in [9.17, 15) is 14.4 Å². The van der Waals surface area contributed by atoms with Crippen molar-refractivity contribution in [2.75, 3.05) is 20.8 Å². The van der Waals surface area contributed by atoms with E-state index in [1.54, 1.807) is 11.9 Å². The maximum absolute atomic E-state index is 10.8. The molecule has 0 rings (SSSR count). The standard InChI is InChI=1S/C10H13NO5/c1-15-9(7-13)3-4-11-8(6-12)5-10(14)16-2/h11H,3-5H2,1-2H3. The van der Waals surface area contributed by atoms with Crippen LogP contribution in [0.2, 0.25) is 0 Å². The summed E-state index contributed by atoms with van der Waals surface area (Å²) in [6, 6.07) is 0. The van der Waals surface area contributed by atoms with Gasteiger partial charge >= 0.3 is 5.97 Å². The van der Waals surface area contributed by atoms with Crippen LogP contribution in [0.15, 0.2) is 11.5 Å². The van der Waals surface area contributed by atoms with Gasteiger partial charge in [0.25, 0.3) is 0 Å². The van der Waals surface area contributed by atoms with Crippen molar-refractivity contribution in [3.63, 3.8) is 0 Å². The Bertz CT molecular complexity index is 337. The van der Waals surface area contributed by atoms with Crippen molar-refractivity contribution < 1.29 is 23.9 Å². The Morgan fingerprint density at radius 2 is 1.88 bits per heavy atom. The smallest absolute Gasteiger partial charge is 0.312 e. The molecule has 0 aliphatic rings. The minimum atomic E-state index is -0.538. The Hall–Kier alpha value is -2.03. The molecule has 0 aromatic rings. The van der Waals surface area contributed by atoms with Crippen LogP contribution in [0.1, 0.15) is 12.8 Å². The average molecular weight is 227 g/mol. The summed E-state index contributed by atoms with van der Waals surface area (Å²) < 4.78 is 9.05. The van der Waals surface area contributed by atoms with Crippen molar-refractivity contribution in [3.8, 4) is 0 Å². The van der Waals surface area contributed by atoms with Gasteiger partial charge in [0.15, 0.2) is 11.7 Å². The Kier molecular flexibility index (Phi) is 7.24. The minimum Gasteiger partial charge on any atom is -0.490 e. The predicted molar refractivity (Wildman–Crippen MR) is 54.7 cm³/mol. The van der Waals surface area contributed by atoms with Crippen molar-refractivity contribution in [2.45, 2.75) is 12.8 Å².